The van der Waals surface area contributed by atoms with Crippen LogP contribution in [0.15, 0.2) is 18.3 Å². The molecule has 2 unspecified atom stereocenters. The van der Waals surface area contributed by atoms with Gasteiger partial charge in [0.25, 0.3) is 5.91 Å². The lowest BCUT2D eigenvalue weighted by Gasteiger charge is -2.26. The van der Waals surface area contributed by atoms with Crippen LogP contribution in [0.1, 0.15) is 31.1 Å². The van der Waals surface area contributed by atoms with Gasteiger partial charge < -0.3 is 14.5 Å². The van der Waals surface area contributed by atoms with Crippen LogP contribution >= 0.6 is 11.6 Å². The second kappa shape index (κ2) is 6.24. The normalized spacial score (nSPS) is 23.3. The summed E-state index contributed by atoms with van der Waals surface area (Å²) in [6.07, 6.45) is 1.24. The third-order valence-corrected chi connectivity index (χ3v) is 4.62. The van der Waals surface area contributed by atoms with E-state index in [4.69, 9.17) is 16.3 Å². The number of carbonyl (C=O) groups is 2. The second-order valence-electron chi connectivity index (χ2n) is 7.49. The van der Waals surface area contributed by atoms with E-state index >= 15 is 0 Å². The summed E-state index contributed by atoms with van der Waals surface area (Å²) < 4.78 is 5.43. The smallest absolute Gasteiger partial charge is 0.410 e. The van der Waals surface area contributed by atoms with Crippen LogP contribution in [0.5, 0.6) is 0 Å². The average Bonchev–Trinajstić information content (AvgIpc) is 3.04. The number of aromatic nitrogens is 1. The van der Waals surface area contributed by atoms with E-state index in [2.05, 4.69) is 4.98 Å². The largest absolute Gasteiger partial charge is 0.444 e. The molecule has 7 heteroatoms. The molecule has 2 aliphatic heterocycles. The second-order valence-corrected chi connectivity index (χ2v) is 7.87. The lowest BCUT2D eigenvalue weighted by molar-refractivity contribution is 0.0275. The van der Waals surface area contributed by atoms with Crippen LogP contribution in [-0.2, 0) is 4.74 Å². The van der Waals surface area contributed by atoms with Gasteiger partial charge in [0.15, 0.2) is 0 Å². The molecule has 1 aromatic heterocycles. The van der Waals surface area contributed by atoms with Gasteiger partial charge in [-0.25, -0.2) is 9.78 Å². The van der Waals surface area contributed by atoms with Gasteiger partial charge >= 0.3 is 6.09 Å². The van der Waals surface area contributed by atoms with Gasteiger partial charge in [-0.05, 0) is 32.9 Å². The van der Waals surface area contributed by atoms with E-state index in [1.54, 1.807) is 17.0 Å². The molecule has 2 amide bonds. The quantitative estimate of drug-likeness (QED) is 0.730. The number of hydrogen-bond acceptors (Lipinski definition) is 4. The van der Waals surface area contributed by atoms with Crippen molar-refractivity contribution in [1.82, 2.24) is 14.8 Å². The first kappa shape index (κ1) is 17.0. The molecule has 1 aromatic rings. The Kier molecular flexibility index (Phi) is 4.42. The Bertz CT molecular complexity index is 627. The SMILES string of the molecule is CC(C)(C)OC(=O)N1CC2CN(C(=O)c3ccc(Cl)nc3)CC2C1. The van der Waals surface area contributed by atoms with Crippen molar-refractivity contribution in [3.8, 4) is 0 Å². The first-order valence-corrected chi connectivity index (χ1v) is 8.49. The molecule has 0 bridgehead atoms. The van der Waals surface area contributed by atoms with Crippen molar-refractivity contribution < 1.29 is 14.3 Å². The molecule has 2 atom stereocenters. The van der Waals surface area contributed by atoms with Crippen LogP contribution in [0.2, 0.25) is 5.15 Å². The van der Waals surface area contributed by atoms with E-state index < -0.39 is 5.60 Å². The Morgan fingerprint density at radius 2 is 1.71 bits per heavy atom. The average molecular weight is 352 g/mol. The maximum Gasteiger partial charge on any atom is 0.410 e. The number of carbonyl (C=O) groups excluding carboxylic acids is 2. The Balaban J connectivity index is 1.58. The Morgan fingerprint density at radius 3 is 2.21 bits per heavy atom. The summed E-state index contributed by atoms with van der Waals surface area (Å²) in [5, 5.41) is 0.373. The first-order chi connectivity index (χ1) is 11.2. The standard InChI is InChI=1S/C17H22ClN3O3/c1-17(2,3)24-16(23)21-9-12-7-20(8-13(12)10-21)15(22)11-4-5-14(18)19-6-11/h4-6,12-13H,7-10H2,1-3H3. The summed E-state index contributed by atoms with van der Waals surface area (Å²) in [6, 6.07) is 3.31. The lowest BCUT2D eigenvalue weighted by Crippen LogP contribution is -2.38. The molecular formula is C17H22ClN3O3. The highest BCUT2D eigenvalue weighted by Crippen LogP contribution is 2.32. The van der Waals surface area contributed by atoms with Crippen LogP contribution in [-0.4, -0.2) is 58.6 Å². The molecule has 3 heterocycles. The van der Waals surface area contributed by atoms with Crippen molar-refractivity contribution in [1.29, 1.82) is 0 Å². The molecule has 24 heavy (non-hydrogen) atoms. The van der Waals surface area contributed by atoms with Crippen molar-refractivity contribution in [2.75, 3.05) is 26.2 Å². The Morgan fingerprint density at radius 1 is 1.12 bits per heavy atom. The summed E-state index contributed by atoms with van der Waals surface area (Å²) in [7, 11) is 0. The molecule has 3 rings (SSSR count). The minimum Gasteiger partial charge on any atom is -0.444 e. The number of halogens is 1. The van der Waals surface area contributed by atoms with E-state index in [0.717, 1.165) is 0 Å². The highest BCUT2D eigenvalue weighted by Gasteiger charge is 2.44. The number of fused-ring (bicyclic) bond motifs is 1. The third-order valence-electron chi connectivity index (χ3n) is 4.40. The molecule has 2 aliphatic rings. The molecule has 0 spiro atoms. The number of rotatable bonds is 1. The van der Waals surface area contributed by atoms with E-state index in [-0.39, 0.29) is 12.0 Å². The van der Waals surface area contributed by atoms with Gasteiger partial charge in [0, 0.05) is 44.2 Å². The molecule has 0 aromatic carbocycles. The Hall–Kier alpha value is -1.82. The van der Waals surface area contributed by atoms with Crippen LogP contribution in [0.25, 0.3) is 0 Å². The van der Waals surface area contributed by atoms with Gasteiger partial charge in [-0.2, -0.15) is 0 Å². The lowest BCUT2D eigenvalue weighted by atomic mass is 10.0. The van der Waals surface area contributed by atoms with Crippen LogP contribution in [0.3, 0.4) is 0 Å². The van der Waals surface area contributed by atoms with E-state index in [0.29, 0.717) is 48.7 Å². The van der Waals surface area contributed by atoms with Crippen molar-refractivity contribution >= 4 is 23.6 Å². The molecular weight excluding hydrogens is 330 g/mol. The van der Waals surface area contributed by atoms with E-state index in [1.165, 1.54) is 6.20 Å². The molecule has 130 valence electrons. The number of ether oxygens (including phenoxy) is 1. The van der Waals surface area contributed by atoms with Gasteiger partial charge in [0.1, 0.15) is 10.8 Å². The van der Waals surface area contributed by atoms with Gasteiger partial charge in [-0.1, -0.05) is 11.6 Å². The summed E-state index contributed by atoms with van der Waals surface area (Å²) in [4.78, 5) is 32.3. The van der Waals surface area contributed by atoms with Gasteiger partial charge in [-0.3, -0.25) is 4.79 Å². The van der Waals surface area contributed by atoms with Gasteiger partial charge in [0.2, 0.25) is 0 Å². The molecule has 2 saturated heterocycles. The van der Waals surface area contributed by atoms with Crippen molar-refractivity contribution in [3.63, 3.8) is 0 Å². The minimum atomic E-state index is -0.488. The van der Waals surface area contributed by atoms with E-state index in [1.807, 2.05) is 25.7 Å². The van der Waals surface area contributed by atoms with Gasteiger partial charge in [-0.15, -0.1) is 0 Å². The predicted octanol–water partition coefficient (Wildman–Crippen LogP) is 2.67. The number of amides is 2. The number of nitrogens with zero attached hydrogens (tertiary/aromatic N) is 3. The summed E-state index contributed by atoms with van der Waals surface area (Å²) in [6.45, 7) is 8.19. The van der Waals surface area contributed by atoms with Crippen molar-refractivity contribution in [3.05, 3.63) is 29.0 Å². The highest BCUT2D eigenvalue weighted by molar-refractivity contribution is 6.29. The molecule has 6 nitrogen and oxygen atoms in total. The maximum atomic E-state index is 12.5. The van der Waals surface area contributed by atoms with Crippen molar-refractivity contribution in [2.45, 2.75) is 26.4 Å². The summed E-state index contributed by atoms with van der Waals surface area (Å²) in [5.74, 6) is 0.584. The maximum absolute atomic E-state index is 12.5. The zero-order valence-corrected chi connectivity index (χ0v) is 14.9. The third kappa shape index (κ3) is 3.64. The van der Waals surface area contributed by atoms with Gasteiger partial charge in [0.05, 0.1) is 5.56 Å². The fourth-order valence-corrected chi connectivity index (χ4v) is 3.43. The molecule has 0 aliphatic carbocycles. The highest BCUT2D eigenvalue weighted by atomic mass is 35.5. The van der Waals surface area contributed by atoms with E-state index in [9.17, 15) is 9.59 Å². The molecule has 0 saturated carbocycles. The Labute approximate surface area is 146 Å². The predicted molar refractivity (Wildman–Crippen MR) is 89.9 cm³/mol. The molecule has 2 fully saturated rings. The fourth-order valence-electron chi connectivity index (χ4n) is 3.32. The van der Waals surface area contributed by atoms with Crippen LogP contribution < -0.4 is 0 Å². The van der Waals surface area contributed by atoms with Crippen molar-refractivity contribution in [2.24, 2.45) is 11.8 Å². The monoisotopic (exact) mass is 351 g/mol. The topological polar surface area (TPSA) is 62.7 Å². The molecule has 0 N–H and O–H groups in total. The number of hydrogen-bond donors (Lipinski definition) is 0. The zero-order chi connectivity index (χ0) is 17.5. The van der Waals surface area contributed by atoms with Crippen LogP contribution in [0, 0.1) is 11.8 Å². The zero-order valence-electron chi connectivity index (χ0n) is 14.2. The first-order valence-electron chi connectivity index (χ1n) is 8.12. The number of likely N-dealkylation sites (tertiary alicyclic amines) is 2. The minimum absolute atomic E-state index is 0.0302. The number of pyridine rings is 1. The fraction of sp³-hybridized carbons (Fsp3) is 0.588. The summed E-state index contributed by atoms with van der Waals surface area (Å²) in [5.41, 5.74) is 0.0571. The summed E-state index contributed by atoms with van der Waals surface area (Å²) >= 11 is 5.76. The van der Waals surface area contributed by atoms with Crippen LogP contribution in [0.4, 0.5) is 4.79 Å². The molecule has 0 radical (unpaired) electrons.